The van der Waals surface area contributed by atoms with E-state index in [-0.39, 0.29) is 0 Å². The Kier molecular flexibility index (Phi) is 7.46. The second-order valence-electron chi connectivity index (χ2n) is 4.94. The zero-order valence-electron chi connectivity index (χ0n) is 14.0. The fourth-order valence-electron chi connectivity index (χ4n) is 2.36. The molecular formula is C19H23BrO3. The van der Waals surface area contributed by atoms with Gasteiger partial charge in [0, 0.05) is 0 Å². The number of hydrogen-bond donors (Lipinski definition) is 1. The molecule has 0 bridgehead atoms. The third-order valence-corrected chi connectivity index (χ3v) is 4.50. The lowest BCUT2D eigenvalue weighted by molar-refractivity contribution is -0.143. The number of aliphatic hydroxyl groups excluding tert-OH is 1. The number of cyclic esters (lactones) is 1. The fraction of sp³-hybridized carbons (Fsp3) is 0.316. The highest BCUT2D eigenvalue weighted by molar-refractivity contribution is 9.12. The van der Waals surface area contributed by atoms with Crippen LogP contribution in [-0.4, -0.2) is 17.2 Å². The van der Waals surface area contributed by atoms with Gasteiger partial charge in [-0.3, -0.25) is 0 Å². The molecule has 1 aromatic rings. The first-order valence-electron chi connectivity index (χ1n) is 7.61. The summed E-state index contributed by atoms with van der Waals surface area (Å²) in [5.74, 6) is -0.438. The van der Waals surface area contributed by atoms with Crippen molar-refractivity contribution < 1.29 is 14.6 Å². The Morgan fingerprint density at radius 3 is 2.52 bits per heavy atom. The van der Waals surface area contributed by atoms with Gasteiger partial charge < -0.3 is 9.84 Å². The zero-order chi connectivity index (χ0) is 17.6. The average molecular weight is 379 g/mol. The van der Waals surface area contributed by atoms with E-state index in [1.54, 1.807) is 13.0 Å². The maximum absolute atomic E-state index is 11.6. The molecule has 0 fully saturated rings. The number of aryl methyl sites for hydroxylation is 1. The molecule has 0 aromatic heterocycles. The maximum atomic E-state index is 11.6. The summed E-state index contributed by atoms with van der Waals surface area (Å²) in [5, 5.41) is 10.6. The molecule has 2 rings (SSSR count). The first-order chi connectivity index (χ1) is 11.0. The summed E-state index contributed by atoms with van der Waals surface area (Å²) in [7, 11) is 0. The number of ether oxygens (including phenoxy) is 1. The van der Waals surface area contributed by atoms with Crippen LogP contribution in [0.1, 0.15) is 43.6 Å². The van der Waals surface area contributed by atoms with Gasteiger partial charge in [0.1, 0.15) is 10.6 Å². The van der Waals surface area contributed by atoms with E-state index in [4.69, 9.17) is 4.74 Å². The first kappa shape index (κ1) is 19.4. The van der Waals surface area contributed by atoms with Crippen molar-refractivity contribution in [2.75, 3.05) is 0 Å². The summed E-state index contributed by atoms with van der Waals surface area (Å²) in [4.78, 5) is 11.6. The Labute approximate surface area is 146 Å². The van der Waals surface area contributed by atoms with Crippen molar-refractivity contribution in [1.29, 1.82) is 0 Å². The minimum Gasteiger partial charge on any atom is -0.451 e. The molecule has 124 valence electrons. The van der Waals surface area contributed by atoms with Crippen LogP contribution >= 0.6 is 15.9 Å². The first-order valence-corrected chi connectivity index (χ1v) is 8.40. The molecule has 2 atom stereocenters. The molecule has 1 aliphatic rings. The largest absolute Gasteiger partial charge is 0.451 e. The van der Waals surface area contributed by atoms with Crippen LogP contribution in [0, 0.1) is 6.92 Å². The number of aliphatic hydroxyl groups is 1. The van der Waals surface area contributed by atoms with Crippen LogP contribution in [0.15, 0.2) is 47.0 Å². The number of rotatable bonds is 4. The van der Waals surface area contributed by atoms with E-state index in [2.05, 4.69) is 22.5 Å². The van der Waals surface area contributed by atoms with E-state index in [9.17, 15) is 9.90 Å². The average Bonchev–Trinajstić information content (AvgIpc) is 2.82. The van der Waals surface area contributed by atoms with Crippen molar-refractivity contribution in [1.82, 2.24) is 0 Å². The second-order valence-corrected chi connectivity index (χ2v) is 5.73. The smallest absolute Gasteiger partial charge is 0.346 e. The Morgan fingerprint density at radius 1 is 1.35 bits per heavy atom. The van der Waals surface area contributed by atoms with Crippen LogP contribution in [-0.2, 0) is 9.53 Å². The van der Waals surface area contributed by atoms with E-state index < -0.39 is 18.2 Å². The number of esters is 1. The minimum atomic E-state index is -0.909. The standard InChI is InChI=1S/C17H17BrO3.C2H6/c1-4-5-8-12-10(2)7-6-9-13(12)15(19)16-11(3)14(18)17(20)21-16;1-2/h4-9,15-16,19H,1H2,2-3H3;1-2H3/b8-5-;. The molecule has 23 heavy (non-hydrogen) atoms. The van der Waals surface area contributed by atoms with Gasteiger partial charge in [-0.2, -0.15) is 0 Å². The Morgan fingerprint density at radius 2 is 2.00 bits per heavy atom. The summed E-state index contributed by atoms with van der Waals surface area (Å²) in [6.07, 6.45) is 3.82. The van der Waals surface area contributed by atoms with Crippen LogP contribution in [0.5, 0.6) is 0 Å². The third-order valence-electron chi connectivity index (χ3n) is 3.55. The lowest BCUT2D eigenvalue weighted by atomic mass is 9.93. The molecule has 2 unspecified atom stereocenters. The molecule has 1 N–H and O–H groups in total. The SMILES string of the molecule is C=C/C=C\c1c(C)cccc1C(O)C1OC(=O)C(Br)=C1C.CC. The molecule has 1 heterocycles. The summed E-state index contributed by atoms with van der Waals surface area (Å²) >= 11 is 3.19. The third kappa shape index (κ3) is 4.21. The minimum absolute atomic E-state index is 0.391. The fourth-order valence-corrected chi connectivity index (χ4v) is 2.68. The summed E-state index contributed by atoms with van der Waals surface area (Å²) in [5.41, 5.74) is 3.38. The molecule has 0 saturated carbocycles. The lowest BCUT2D eigenvalue weighted by Crippen LogP contribution is -2.21. The molecule has 3 nitrogen and oxygen atoms in total. The van der Waals surface area contributed by atoms with Gasteiger partial charge in [-0.15, -0.1) is 0 Å². The van der Waals surface area contributed by atoms with E-state index in [1.165, 1.54) is 0 Å². The van der Waals surface area contributed by atoms with Crippen molar-refractivity contribution in [3.63, 3.8) is 0 Å². The maximum Gasteiger partial charge on any atom is 0.346 e. The molecule has 0 aliphatic carbocycles. The van der Waals surface area contributed by atoms with Crippen LogP contribution in [0.2, 0.25) is 0 Å². The normalized spacial score (nSPS) is 18.5. The van der Waals surface area contributed by atoms with E-state index in [0.717, 1.165) is 16.7 Å². The highest BCUT2D eigenvalue weighted by Gasteiger charge is 2.36. The predicted octanol–water partition coefficient (Wildman–Crippen LogP) is 4.85. The number of halogens is 1. The van der Waals surface area contributed by atoms with Crippen molar-refractivity contribution in [3.8, 4) is 0 Å². The molecule has 0 spiro atoms. The van der Waals surface area contributed by atoms with E-state index >= 15 is 0 Å². The number of allylic oxidation sites excluding steroid dienone is 2. The van der Waals surface area contributed by atoms with E-state index in [1.807, 2.05) is 51.1 Å². The Balaban J connectivity index is 0.00000127. The van der Waals surface area contributed by atoms with Gasteiger partial charge in [0.15, 0.2) is 6.10 Å². The Bertz CT molecular complexity index is 644. The topological polar surface area (TPSA) is 46.5 Å². The Hall–Kier alpha value is -1.65. The number of carbonyl (C=O) groups excluding carboxylic acids is 1. The van der Waals surface area contributed by atoms with Crippen LogP contribution in [0.4, 0.5) is 0 Å². The highest BCUT2D eigenvalue weighted by Crippen LogP contribution is 2.36. The summed E-state index contributed by atoms with van der Waals surface area (Å²) in [6, 6.07) is 5.69. The van der Waals surface area contributed by atoms with Crippen molar-refractivity contribution >= 4 is 28.0 Å². The van der Waals surface area contributed by atoms with E-state index in [0.29, 0.717) is 10.1 Å². The predicted molar refractivity (Wildman–Crippen MR) is 98.2 cm³/mol. The van der Waals surface area contributed by atoms with Gasteiger partial charge in [-0.1, -0.05) is 56.9 Å². The zero-order valence-corrected chi connectivity index (χ0v) is 15.6. The van der Waals surface area contributed by atoms with Crippen LogP contribution in [0.3, 0.4) is 0 Å². The molecular weight excluding hydrogens is 356 g/mol. The second kappa shape index (κ2) is 8.85. The number of benzene rings is 1. The van der Waals surface area contributed by atoms with Crippen molar-refractivity contribution in [2.45, 2.75) is 39.9 Å². The quantitative estimate of drug-likeness (QED) is 0.601. The summed E-state index contributed by atoms with van der Waals surface area (Å²) in [6.45, 7) is 11.4. The van der Waals surface area contributed by atoms with Gasteiger partial charge in [0.2, 0.25) is 0 Å². The molecule has 4 heteroatoms. The monoisotopic (exact) mass is 378 g/mol. The summed E-state index contributed by atoms with van der Waals surface area (Å²) < 4.78 is 5.64. The lowest BCUT2D eigenvalue weighted by Gasteiger charge is -2.21. The molecule has 0 saturated heterocycles. The van der Waals surface area contributed by atoms with Crippen LogP contribution in [0.25, 0.3) is 6.08 Å². The van der Waals surface area contributed by atoms with Gasteiger partial charge in [-0.05, 0) is 52.0 Å². The van der Waals surface area contributed by atoms with Gasteiger partial charge >= 0.3 is 5.97 Å². The van der Waals surface area contributed by atoms with Gasteiger partial charge in [0.05, 0.1) is 0 Å². The molecule has 1 aliphatic heterocycles. The highest BCUT2D eigenvalue weighted by atomic mass is 79.9. The molecule has 0 amide bonds. The molecule has 0 radical (unpaired) electrons. The van der Waals surface area contributed by atoms with Gasteiger partial charge in [0.25, 0.3) is 0 Å². The van der Waals surface area contributed by atoms with Crippen molar-refractivity contribution in [2.24, 2.45) is 0 Å². The molecule has 1 aromatic carbocycles. The van der Waals surface area contributed by atoms with Crippen molar-refractivity contribution in [3.05, 3.63) is 63.7 Å². The van der Waals surface area contributed by atoms with Crippen LogP contribution < -0.4 is 0 Å². The number of carbonyl (C=O) groups is 1. The van der Waals surface area contributed by atoms with Gasteiger partial charge in [-0.25, -0.2) is 4.79 Å². The number of hydrogen-bond acceptors (Lipinski definition) is 3.